The van der Waals surface area contributed by atoms with E-state index in [2.05, 4.69) is 0 Å². The topological polar surface area (TPSA) is 54.4 Å². The molecule has 0 radical (unpaired) electrons. The molecule has 0 aliphatic carbocycles. The summed E-state index contributed by atoms with van der Waals surface area (Å²) in [6.07, 6.45) is 0.374. The van der Waals surface area contributed by atoms with Crippen LogP contribution < -0.4 is 0 Å². The first-order valence-electron chi connectivity index (χ1n) is 5.02. The van der Waals surface area contributed by atoms with E-state index in [-0.39, 0.29) is 25.0 Å². The Morgan fingerprint density at radius 3 is 2.56 bits per heavy atom. The van der Waals surface area contributed by atoms with Crippen molar-refractivity contribution in [1.29, 1.82) is 0 Å². The van der Waals surface area contributed by atoms with Crippen LogP contribution in [0.15, 0.2) is 18.2 Å². The fourth-order valence-electron chi connectivity index (χ4n) is 1.31. The van der Waals surface area contributed by atoms with Gasteiger partial charge < -0.3 is 5.11 Å². The Labute approximate surface area is 92.9 Å². The van der Waals surface area contributed by atoms with Crippen LogP contribution in [-0.2, 0) is 4.79 Å². The number of Topliss-reactive ketones (excluding diaryl/α,β-unsaturated/α-hetero) is 1. The number of hydrogen-bond acceptors (Lipinski definition) is 2. The largest absolute Gasteiger partial charge is 0.481 e. The van der Waals surface area contributed by atoms with Gasteiger partial charge in [-0.15, -0.1) is 0 Å². The van der Waals surface area contributed by atoms with Crippen LogP contribution >= 0.6 is 0 Å². The van der Waals surface area contributed by atoms with Crippen LogP contribution in [0.2, 0.25) is 0 Å². The van der Waals surface area contributed by atoms with Gasteiger partial charge in [-0.2, -0.15) is 0 Å². The van der Waals surface area contributed by atoms with Crippen molar-refractivity contribution in [3.05, 3.63) is 35.1 Å². The zero-order valence-corrected chi connectivity index (χ0v) is 9.00. The maximum atomic E-state index is 13.1. The maximum Gasteiger partial charge on any atom is 0.303 e. The maximum absolute atomic E-state index is 13.1. The van der Waals surface area contributed by atoms with E-state index in [1.807, 2.05) is 0 Å². The van der Waals surface area contributed by atoms with Gasteiger partial charge >= 0.3 is 5.97 Å². The summed E-state index contributed by atoms with van der Waals surface area (Å²) in [5, 5.41) is 8.41. The number of carbonyl (C=O) groups is 2. The Balaban J connectivity index is 2.59. The summed E-state index contributed by atoms with van der Waals surface area (Å²) in [5.74, 6) is -1.56. The van der Waals surface area contributed by atoms with E-state index in [4.69, 9.17) is 5.11 Å². The molecule has 1 N–H and O–H groups in total. The Morgan fingerprint density at radius 1 is 1.31 bits per heavy atom. The van der Waals surface area contributed by atoms with E-state index in [1.54, 1.807) is 19.1 Å². The Kier molecular flexibility index (Phi) is 4.17. The van der Waals surface area contributed by atoms with Crippen molar-refractivity contribution in [1.82, 2.24) is 0 Å². The van der Waals surface area contributed by atoms with Crippen molar-refractivity contribution >= 4 is 11.8 Å². The van der Waals surface area contributed by atoms with Gasteiger partial charge in [-0.3, -0.25) is 9.59 Å². The molecule has 0 heterocycles. The fraction of sp³-hybridized carbons (Fsp3) is 0.333. The number of aliphatic carboxylic acids is 1. The molecular formula is C12H13FO3. The number of rotatable bonds is 5. The number of hydrogen-bond donors (Lipinski definition) is 1. The second-order valence-electron chi connectivity index (χ2n) is 3.63. The Morgan fingerprint density at radius 2 is 2.00 bits per heavy atom. The molecule has 1 aromatic carbocycles. The molecule has 0 amide bonds. The first-order chi connectivity index (χ1) is 7.50. The fourth-order valence-corrected chi connectivity index (χ4v) is 1.31. The van der Waals surface area contributed by atoms with Gasteiger partial charge in [0.15, 0.2) is 5.78 Å². The van der Waals surface area contributed by atoms with Crippen LogP contribution in [0.3, 0.4) is 0 Å². The van der Waals surface area contributed by atoms with Gasteiger partial charge in [0.1, 0.15) is 5.82 Å². The van der Waals surface area contributed by atoms with Gasteiger partial charge in [-0.05, 0) is 25.0 Å². The molecule has 86 valence electrons. The molecule has 0 bridgehead atoms. The zero-order chi connectivity index (χ0) is 12.1. The minimum atomic E-state index is -0.928. The third-order valence-corrected chi connectivity index (χ3v) is 2.29. The number of aryl methyl sites for hydroxylation is 1. The highest BCUT2D eigenvalue weighted by molar-refractivity contribution is 5.96. The summed E-state index contributed by atoms with van der Waals surface area (Å²) in [6.45, 7) is 1.62. The van der Waals surface area contributed by atoms with Crippen LogP contribution in [0.5, 0.6) is 0 Å². The number of benzene rings is 1. The van der Waals surface area contributed by atoms with Crippen LogP contribution in [0.4, 0.5) is 4.39 Å². The molecule has 4 heteroatoms. The highest BCUT2D eigenvalue weighted by Crippen LogP contribution is 2.12. The quantitative estimate of drug-likeness (QED) is 0.782. The minimum absolute atomic E-state index is 0.0416. The van der Waals surface area contributed by atoms with E-state index in [0.29, 0.717) is 11.1 Å². The summed E-state index contributed by atoms with van der Waals surface area (Å²) < 4.78 is 13.1. The Bertz CT molecular complexity index is 413. The van der Waals surface area contributed by atoms with Crippen LogP contribution in [-0.4, -0.2) is 16.9 Å². The van der Waals surface area contributed by atoms with E-state index in [0.717, 1.165) is 0 Å². The molecule has 0 aromatic heterocycles. The molecule has 3 nitrogen and oxygen atoms in total. The molecule has 16 heavy (non-hydrogen) atoms. The lowest BCUT2D eigenvalue weighted by Gasteiger charge is -2.02. The van der Waals surface area contributed by atoms with Gasteiger partial charge in [0.2, 0.25) is 0 Å². The van der Waals surface area contributed by atoms with Crippen molar-refractivity contribution < 1.29 is 19.1 Å². The lowest BCUT2D eigenvalue weighted by Crippen LogP contribution is -2.02. The lowest BCUT2D eigenvalue weighted by molar-refractivity contribution is -0.137. The average molecular weight is 224 g/mol. The molecule has 0 unspecified atom stereocenters. The van der Waals surface area contributed by atoms with E-state index < -0.39 is 11.8 Å². The van der Waals surface area contributed by atoms with Crippen LogP contribution in [0.25, 0.3) is 0 Å². The van der Waals surface area contributed by atoms with E-state index >= 15 is 0 Å². The highest BCUT2D eigenvalue weighted by Gasteiger charge is 2.08. The molecule has 0 aliphatic heterocycles. The second kappa shape index (κ2) is 5.39. The third kappa shape index (κ3) is 3.46. The highest BCUT2D eigenvalue weighted by atomic mass is 19.1. The molecule has 0 atom stereocenters. The Hall–Kier alpha value is -1.71. The summed E-state index contributed by atoms with van der Waals surface area (Å²) >= 11 is 0. The van der Waals surface area contributed by atoms with Gasteiger partial charge in [-0.1, -0.05) is 12.1 Å². The van der Waals surface area contributed by atoms with Crippen molar-refractivity contribution in [3.8, 4) is 0 Å². The van der Waals surface area contributed by atoms with E-state index in [1.165, 1.54) is 6.07 Å². The van der Waals surface area contributed by atoms with Gasteiger partial charge in [0.25, 0.3) is 0 Å². The first-order valence-corrected chi connectivity index (χ1v) is 5.02. The molecule has 1 rings (SSSR count). The summed E-state index contributed by atoms with van der Waals surface area (Å²) in [5.41, 5.74) is 0.788. The lowest BCUT2D eigenvalue weighted by atomic mass is 10.0. The van der Waals surface area contributed by atoms with E-state index in [9.17, 15) is 14.0 Å². The number of carbonyl (C=O) groups excluding carboxylic acids is 1. The smallest absolute Gasteiger partial charge is 0.303 e. The summed E-state index contributed by atoms with van der Waals surface area (Å²) in [7, 11) is 0. The van der Waals surface area contributed by atoms with Gasteiger partial charge in [-0.25, -0.2) is 4.39 Å². The predicted octanol–water partition coefficient (Wildman–Crippen LogP) is 2.57. The predicted molar refractivity (Wildman–Crippen MR) is 57.0 cm³/mol. The standard InChI is InChI=1S/C12H13FO3/c1-8-5-6-9(7-10(8)13)11(14)3-2-4-12(15)16/h5-7H,2-4H2,1H3,(H,15,16). The molecule has 0 spiro atoms. The van der Waals surface area contributed by atoms with Crippen LogP contribution in [0, 0.1) is 12.7 Å². The van der Waals surface area contributed by atoms with Crippen LogP contribution in [0.1, 0.15) is 35.2 Å². The average Bonchev–Trinajstić information content (AvgIpc) is 2.21. The van der Waals surface area contributed by atoms with Gasteiger partial charge in [0.05, 0.1) is 0 Å². The number of carboxylic acid groups (broad SMARTS) is 1. The van der Waals surface area contributed by atoms with Crippen molar-refractivity contribution in [3.63, 3.8) is 0 Å². The summed E-state index contributed by atoms with van der Waals surface area (Å²) in [6, 6.07) is 4.29. The SMILES string of the molecule is Cc1ccc(C(=O)CCCC(=O)O)cc1F. The molecule has 0 saturated carbocycles. The minimum Gasteiger partial charge on any atom is -0.481 e. The molecule has 0 aliphatic rings. The monoisotopic (exact) mass is 224 g/mol. The molecule has 0 saturated heterocycles. The van der Waals surface area contributed by atoms with Gasteiger partial charge in [0, 0.05) is 18.4 Å². The molecular weight excluding hydrogens is 211 g/mol. The summed E-state index contributed by atoms with van der Waals surface area (Å²) in [4.78, 5) is 21.8. The first kappa shape index (κ1) is 12.4. The zero-order valence-electron chi connectivity index (χ0n) is 9.00. The number of ketones is 1. The molecule has 0 fully saturated rings. The van der Waals surface area contributed by atoms with Crippen molar-refractivity contribution in [2.45, 2.75) is 26.2 Å². The number of carboxylic acids is 1. The molecule has 1 aromatic rings. The van der Waals surface area contributed by atoms with Crippen molar-refractivity contribution in [2.75, 3.05) is 0 Å². The second-order valence-corrected chi connectivity index (χ2v) is 3.63. The normalized spacial score (nSPS) is 10.1. The number of halogens is 1. The van der Waals surface area contributed by atoms with Crippen molar-refractivity contribution in [2.24, 2.45) is 0 Å². The third-order valence-electron chi connectivity index (χ3n) is 2.29.